The van der Waals surface area contributed by atoms with Crippen molar-refractivity contribution in [2.45, 2.75) is 44.4 Å². The third-order valence-electron chi connectivity index (χ3n) is 3.73. The highest BCUT2D eigenvalue weighted by Crippen LogP contribution is 2.20. The fourth-order valence-corrected chi connectivity index (χ4v) is 2.59. The molecule has 1 aliphatic carbocycles. The van der Waals surface area contributed by atoms with E-state index in [0.717, 1.165) is 31.2 Å². The van der Waals surface area contributed by atoms with Crippen molar-refractivity contribution in [2.24, 2.45) is 0 Å². The van der Waals surface area contributed by atoms with Gasteiger partial charge >= 0.3 is 0 Å². The van der Waals surface area contributed by atoms with Crippen LogP contribution in [-0.4, -0.2) is 27.4 Å². The van der Waals surface area contributed by atoms with Gasteiger partial charge in [-0.15, -0.1) is 10.2 Å². The summed E-state index contributed by atoms with van der Waals surface area (Å²) in [4.78, 5) is 0. The van der Waals surface area contributed by atoms with Crippen LogP contribution in [0.5, 0.6) is 0 Å². The first-order valence-corrected chi connectivity index (χ1v) is 7.12. The van der Waals surface area contributed by atoms with Crippen molar-refractivity contribution in [2.75, 3.05) is 0 Å². The van der Waals surface area contributed by atoms with E-state index < -0.39 is 0 Å². The number of hydrogen-bond acceptors (Lipinski definition) is 5. The van der Waals surface area contributed by atoms with Gasteiger partial charge in [0.2, 0.25) is 11.8 Å². The van der Waals surface area contributed by atoms with Crippen molar-refractivity contribution < 1.29 is 9.52 Å². The molecule has 1 aromatic heterocycles. The second-order valence-corrected chi connectivity index (χ2v) is 5.21. The molecule has 1 aliphatic rings. The van der Waals surface area contributed by atoms with Gasteiger partial charge in [-0.1, -0.05) is 31.0 Å². The first-order valence-electron chi connectivity index (χ1n) is 7.12. The van der Waals surface area contributed by atoms with Gasteiger partial charge in [0.1, 0.15) is 0 Å². The number of hydrogen-bond donors (Lipinski definition) is 2. The van der Waals surface area contributed by atoms with Crippen LogP contribution in [0.4, 0.5) is 0 Å². The van der Waals surface area contributed by atoms with E-state index in [-0.39, 0.29) is 12.1 Å². The lowest BCUT2D eigenvalue weighted by Gasteiger charge is -2.27. The highest BCUT2D eigenvalue weighted by molar-refractivity contribution is 5.51. The Morgan fingerprint density at radius 2 is 1.95 bits per heavy atom. The number of rotatable bonds is 4. The lowest BCUT2D eigenvalue weighted by atomic mass is 9.93. The Morgan fingerprint density at radius 3 is 2.75 bits per heavy atom. The first kappa shape index (κ1) is 13.3. The Kier molecular flexibility index (Phi) is 4.08. The SMILES string of the molecule is OC1CCCCC1NCc1nnc(-c2ccccc2)o1. The third kappa shape index (κ3) is 3.05. The number of aliphatic hydroxyl groups is 1. The van der Waals surface area contributed by atoms with Crippen molar-refractivity contribution >= 4 is 0 Å². The second kappa shape index (κ2) is 6.15. The first-order chi connectivity index (χ1) is 9.83. The number of aromatic nitrogens is 2. The largest absolute Gasteiger partial charge is 0.419 e. The molecular weight excluding hydrogens is 254 g/mol. The van der Waals surface area contributed by atoms with Gasteiger partial charge < -0.3 is 14.8 Å². The van der Waals surface area contributed by atoms with Crippen molar-refractivity contribution in [3.8, 4) is 11.5 Å². The molecule has 0 radical (unpaired) electrons. The minimum Gasteiger partial charge on any atom is -0.419 e. The lowest BCUT2D eigenvalue weighted by molar-refractivity contribution is 0.0891. The van der Waals surface area contributed by atoms with Crippen molar-refractivity contribution in [1.82, 2.24) is 15.5 Å². The molecule has 1 aromatic carbocycles. The molecule has 0 saturated heterocycles. The Hall–Kier alpha value is -1.72. The summed E-state index contributed by atoms with van der Waals surface area (Å²) in [6.45, 7) is 0.502. The molecule has 2 atom stereocenters. The van der Waals surface area contributed by atoms with Crippen molar-refractivity contribution in [3.05, 3.63) is 36.2 Å². The van der Waals surface area contributed by atoms with E-state index in [4.69, 9.17) is 4.42 Å². The highest BCUT2D eigenvalue weighted by atomic mass is 16.4. The molecule has 5 heteroatoms. The quantitative estimate of drug-likeness (QED) is 0.893. The topological polar surface area (TPSA) is 71.2 Å². The molecule has 2 unspecified atom stereocenters. The average Bonchev–Trinajstić information content (AvgIpc) is 2.96. The summed E-state index contributed by atoms with van der Waals surface area (Å²) in [6.07, 6.45) is 3.88. The molecule has 5 nitrogen and oxygen atoms in total. The maximum atomic E-state index is 9.90. The monoisotopic (exact) mass is 273 g/mol. The number of nitrogens with zero attached hydrogens (tertiary/aromatic N) is 2. The second-order valence-electron chi connectivity index (χ2n) is 5.21. The molecule has 2 aromatic rings. The van der Waals surface area contributed by atoms with E-state index in [1.165, 1.54) is 0 Å². The zero-order chi connectivity index (χ0) is 13.8. The molecule has 1 saturated carbocycles. The fourth-order valence-electron chi connectivity index (χ4n) is 2.59. The normalized spacial score (nSPS) is 22.9. The van der Waals surface area contributed by atoms with E-state index in [1.807, 2.05) is 30.3 Å². The Labute approximate surface area is 118 Å². The molecule has 1 fully saturated rings. The van der Waals surface area contributed by atoms with Crippen LogP contribution in [0.15, 0.2) is 34.7 Å². The molecular formula is C15H19N3O2. The van der Waals surface area contributed by atoms with Gasteiger partial charge in [-0.05, 0) is 25.0 Å². The summed E-state index contributed by atoms with van der Waals surface area (Å²) in [5.41, 5.74) is 0.920. The van der Waals surface area contributed by atoms with E-state index in [0.29, 0.717) is 18.3 Å². The van der Waals surface area contributed by atoms with Crippen LogP contribution >= 0.6 is 0 Å². The standard InChI is InChI=1S/C15H19N3O2/c19-13-9-5-4-8-12(13)16-10-14-17-18-15(20-14)11-6-2-1-3-7-11/h1-3,6-7,12-13,16,19H,4-5,8-10H2. The van der Waals surface area contributed by atoms with Crippen LogP contribution < -0.4 is 5.32 Å². The molecule has 106 valence electrons. The highest BCUT2D eigenvalue weighted by Gasteiger charge is 2.22. The van der Waals surface area contributed by atoms with Gasteiger partial charge in [0.25, 0.3) is 0 Å². The van der Waals surface area contributed by atoms with Gasteiger partial charge in [-0.2, -0.15) is 0 Å². The van der Waals surface area contributed by atoms with Gasteiger partial charge in [-0.3, -0.25) is 0 Å². The minimum absolute atomic E-state index is 0.135. The third-order valence-corrected chi connectivity index (χ3v) is 3.73. The van der Waals surface area contributed by atoms with Crippen molar-refractivity contribution in [3.63, 3.8) is 0 Å². The van der Waals surface area contributed by atoms with E-state index in [1.54, 1.807) is 0 Å². The van der Waals surface area contributed by atoms with Gasteiger partial charge in [0.15, 0.2) is 0 Å². The van der Waals surface area contributed by atoms with E-state index >= 15 is 0 Å². The van der Waals surface area contributed by atoms with Crippen LogP contribution in [0.2, 0.25) is 0 Å². The molecule has 2 N–H and O–H groups in total. The zero-order valence-electron chi connectivity index (χ0n) is 11.3. The minimum atomic E-state index is -0.264. The summed E-state index contributed by atoms with van der Waals surface area (Å²) < 4.78 is 5.63. The Bertz CT molecular complexity index is 541. The summed E-state index contributed by atoms with van der Waals surface area (Å²) >= 11 is 0. The van der Waals surface area contributed by atoms with Gasteiger partial charge in [0, 0.05) is 11.6 Å². The molecule has 20 heavy (non-hydrogen) atoms. The van der Waals surface area contributed by atoms with Gasteiger partial charge in [0.05, 0.1) is 12.6 Å². The molecule has 0 amide bonds. The number of nitrogens with one attached hydrogen (secondary N) is 1. The average molecular weight is 273 g/mol. The predicted octanol–water partition coefficient (Wildman–Crippen LogP) is 2.13. The molecule has 0 bridgehead atoms. The zero-order valence-corrected chi connectivity index (χ0v) is 11.3. The van der Waals surface area contributed by atoms with Crippen LogP contribution in [0, 0.1) is 0 Å². The maximum Gasteiger partial charge on any atom is 0.247 e. The van der Waals surface area contributed by atoms with E-state index in [9.17, 15) is 5.11 Å². The molecule has 0 spiro atoms. The van der Waals surface area contributed by atoms with Crippen LogP contribution in [0.3, 0.4) is 0 Å². The molecule has 1 heterocycles. The van der Waals surface area contributed by atoms with Crippen molar-refractivity contribution in [1.29, 1.82) is 0 Å². The Morgan fingerprint density at radius 1 is 1.15 bits per heavy atom. The maximum absolute atomic E-state index is 9.90. The Balaban J connectivity index is 1.60. The van der Waals surface area contributed by atoms with Crippen LogP contribution in [-0.2, 0) is 6.54 Å². The number of benzene rings is 1. The summed E-state index contributed by atoms with van der Waals surface area (Å²) in [7, 11) is 0. The summed E-state index contributed by atoms with van der Waals surface area (Å²) in [5.74, 6) is 1.09. The number of aliphatic hydroxyl groups excluding tert-OH is 1. The smallest absolute Gasteiger partial charge is 0.247 e. The van der Waals surface area contributed by atoms with Crippen LogP contribution in [0.1, 0.15) is 31.6 Å². The summed E-state index contributed by atoms with van der Waals surface area (Å²) in [5, 5.41) is 21.3. The van der Waals surface area contributed by atoms with Crippen LogP contribution in [0.25, 0.3) is 11.5 Å². The summed E-state index contributed by atoms with van der Waals surface area (Å²) in [6, 6.07) is 9.85. The lowest BCUT2D eigenvalue weighted by Crippen LogP contribution is -2.41. The molecule has 3 rings (SSSR count). The molecule has 0 aliphatic heterocycles. The van der Waals surface area contributed by atoms with Gasteiger partial charge in [-0.25, -0.2) is 0 Å². The predicted molar refractivity (Wildman–Crippen MR) is 74.8 cm³/mol. The van der Waals surface area contributed by atoms with E-state index in [2.05, 4.69) is 15.5 Å². The fraction of sp³-hybridized carbons (Fsp3) is 0.467.